The van der Waals surface area contributed by atoms with Gasteiger partial charge >= 0.3 is 0 Å². The number of rotatable bonds is 20. The van der Waals surface area contributed by atoms with Crippen LogP contribution in [0.2, 0.25) is 54.4 Å². The molecular formula is C54H90O6Si3. The third kappa shape index (κ3) is 18.9. The highest BCUT2D eigenvalue weighted by Crippen LogP contribution is 2.42. The standard InChI is InChI=1S/C30H52O3Si2.C24H38O3Si/c1-14-18-25-26(20-17-22-27(25)31-9)28(33-35(12,13)30(6,7)8)21-16-15-19-24(2)23-32-34(10,11)29(3,4)5;1-9-13-21-20(15-12-17-23(21)26-6)22(25)16-11-10-14-19(2)18-27-28(7,8)24(3,4)5/h14,17,20,22,24,28H,1,15,18-19,23H2,2-13H3;9,12,15,17,19,22,25H,1,10,13-14,18H2,2-8H3/t24-,28+;19-,22+/m11/s1. The topological polar surface area (TPSA) is 66.4 Å². The molecule has 0 unspecified atom stereocenters. The summed E-state index contributed by atoms with van der Waals surface area (Å²) in [6.45, 7) is 48.0. The van der Waals surface area contributed by atoms with Crippen LogP contribution in [-0.4, -0.2) is 57.5 Å². The zero-order valence-corrected chi connectivity index (χ0v) is 46.5. The van der Waals surface area contributed by atoms with Gasteiger partial charge in [0.15, 0.2) is 25.0 Å². The van der Waals surface area contributed by atoms with E-state index in [4.69, 9.17) is 22.8 Å². The summed E-state index contributed by atoms with van der Waals surface area (Å²) in [5.41, 5.74) is 3.94. The summed E-state index contributed by atoms with van der Waals surface area (Å²) in [5.74, 6) is 15.6. The van der Waals surface area contributed by atoms with Crippen LogP contribution in [-0.2, 0) is 26.1 Å². The minimum absolute atomic E-state index is 0.0972. The van der Waals surface area contributed by atoms with E-state index in [9.17, 15) is 5.11 Å². The average Bonchev–Trinajstić information content (AvgIpc) is 3.18. The Morgan fingerprint density at radius 1 is 0.603 bits per heavy atom. The van der Waals surface area contributed by atoms with Crippen molar-refractivity contribution in [3.63, 3.8) is 0 Å². The van der Waals surface area contributed by atoms with Gasteiger partial charge in [0.25, 0.3) is 0 Å². The predicted molar refractivity (Wildman–Crippen MR) is 278 cm³/mol. The van der Waals surface area contributed by atoms with Crippen LogP contribution in [0.5, 0.6) is 11.5 Å². The van der Waals surface area contributed by atoms with Gasteiger partial charge in [0.1, 0.15) is 23.7 Å². The van der Waals surface area contributed by atoms with Crippen molar-refractivity contribution >= 4 is 25.0 Å². The first kappa shape index (κ1) is 58.1. The molecule has 4 atom stereocenters. The normalized spacial score (nSPS) is 14.3. The molecule has 0 aliphatic heterocycles. The number of hydrogen-bond acceptors (Lipinski definition) is 6. The lowest BCUT2D eigenvalue weighted by Crippen LogP contribution is -2.41. The van der Waals surface area contributed by atoms with Gasteiger partial charge in [-0.1, -0.05) is 124 Å². The number of aliphatic hydroxyl groups is 1. The van der Waals surface area contributed by atoms with E-state index in [0.717, 1.165) is 79.1 Å². The summed E-state index contributed by atoms with van der Waals surface area (Å²) < 4.78 is 30.7. The first-order valence-electron chi connectivity index (χ1n) is 23.1. The third-order valence-electron chi connectivity index (χ3n) is 13.3. The van der Waals surface area contributed by atoms with Crippen LogP contribution in [0.3, 0.4) is 0 Å². The van der Waals surface area contributed by atoms with Crippen molar-refractivity contribution < 1.29 is 27.9 Å². The molecule has 2 rings (SSSR count). The molecule has 63 heavy (non-hydrogen) atoms. The molecule has 9 heteroatoms. The minimum atomic E-state index is -2.04. The molecule has 2 aromatic carbocycles. The lowest BCUT2D eigenvalue weighted by molar-refractivity contribution is 0.231. The highest BCUT2D eigenvalue weighted by Gasteiger charge is 2.40. The molecule has 0 amide bonds. The van der Waals surface area contributed by atoms with E-state index >= 15 is 0 Å². The van der Waals surface area contributed by atoms with Crippen LogP contribution in [0.1, 0.15) is 136 Å². The first-order chi connectivity index (χ1) is 29.0. The molecule has 6 nitrogen and oxygen atoms in total. The summed E-state index contributed by atoms with van der Waals surface area (Å²) in [6.07, 6.45) is 7.56. The Morgan fingerprint density at radius 3 is 1.37 bits per heavy atom. The van der Waals surface area contributed by atoms with E-state index in [1.807, 2.05) is 42.5 Å². The van der Waals surface area contributed by atoms with Gasteiger partial charge in [-0.25, -0.2) is 0 Å². The molecule has 0 aliphatic carbocycles. The molecular weight excluding hydrogens is 829 g/mol. The molecule has 0 radical (unpaired) electrons. The molecule has 0 heterocycles. The summed E-state index contributed by atoms with van der Waals surface area (Å²) >= 11 is 0. The molecule has 0 aliphatic rings. The van der Waals surface area contributed by atoms with E-state index in [1.54, 1.807) is 14.2 Å². The minimum Gasteiger partial charge on any atom is -0.496 e. The largest absolute Gasteiger partial charge is 0.496 e. The van der Waals surface area contributed by atoms with Gasteiger partial charge in [-0.2, -0.15) is 0 Å². The average molecular weight is 920 g/mol. The Balaban J connectivity index is 0.000000646. The Hall–Kier alpha value is -2.87. The van der Waals surface area contributed by atoms with E-state index in [1.165, 1.54) is 0 Å². The van der Waals surface area contributed by atoms with Gasteiger partial charge in [0.05, 0.1) is 14.2 Å². The van der Waals surface area contributed by atoms with Crippen molar-refractivity contribution in [2.45, 2.75) is 181 Å². The fraction of sp³-hybridized carbons (Fsp3) is 0.630. The van der Waals surface area contributed by atoms with Crippen molar-refractivity contribution in [2.24, 2.45) is 11.8 Å². The summed E-state index contributed by atoms with van der Waals surface area (Å²) in [6, 6.07) is 11.8. The van der Waals surface area contributed by atoms with Crippen LogP contribution in [0.4, 0.5) is 0 Å². The second kappa shape index (κ2) is 25.7. The highest BCUT2D eigenvalue weighted by molar-refractivity contribution is 6.74. The Kier molecular flexibility index (Phi) is 23.7. The fourth-order valence-corrected chi connectivity index (χ4v) is 9.16. The number of aliphatic hydroxyl groups excluding tert-OH is 1. The van der Waals surface area contributed by atoms with Crippen LogP contribution >= 0.6 is 0 Å². The second-order valence-electron chi connectivity index (χ2n) is 21.8. The lowest BCUT2D eigenvalue weighted by atomic mass is 9.98. The van der Waals surface area contributed by atoms with Gasteiger partial charge in [0, 0.05) is 37.2 Å². The van der Waals surface area contributed by atoms with Crippen molar-refractivity contribution in [3.8, 4) is 35.2 Å². The van der Waals surface area contributed by atoms with E-state index in [2.05, 4.69) is 158 Å². The molecule has 0 saturated carbocycles. The fourth-order valence-electron chi connectivity index (χ4n) is 5.77. The molecule has 0 aromatic heterocycles. The molecule has 0 bridgehead atoms. The zero-order valence-electron chi connectivity index (χ0n) is 43.5. The van der Waals surface area contributed by atoms with E-state index < -0.39 is 31.1 Å². The van der Waals surface area contributed by atoms with E-state index in [0.29, 0.717) is 18.3 Å². The smallest absolute Gasteiger partial charge is 0.194 e. The molecule has 0 spiro atoms. The van der Waals surface area contributed by atoms with Crippen LogP contribution in [0, 0.1) is 35.5 Å². The quantitative estimate of drug-likeness (QED) is 0.0811. The maximum atomic E-state index is 10.5. The number of ether oxygens (including phenoxy) is 2. The van der Waals surface area contributed by atoms with Crippen molar-refractivity contribution in [1.29, 1.82) is 0 Å². The van der Waals surface area contributed by atoms with Gasteiger partial charge in [0.2, 0.25) is 0 Å². The number of benzene rings is 2. The lowest BCUT2D eigenvalue weighted by Gasteiger charge is -2.38. The van der Waals surface area contributed by atoms with Gasteiger partial charge < -0.3 is 27.9 Å². The number of methoxy groups -OCH3 is 2. The van der Waals surface area contributed by atoms with Crippen molar-refractivity contribution in [2.75, 3.05) is 27.4 Å². The SMILES string of the molecule is C=CCc1c(OC)cccc1[C@@H](O)C#CCC[C@@H](C)CO[Si](C)(C)C(C)(C)C.C=CCc1c(OC)cccc1[C@H](C#CCC[C@@H](C)CO[Si](C)(C)C(C)(C)C)O[Si](C)(C)C(C)(C)C. The molecule has 1 N–H and O–H groups in total. The van der Waals surface area contributed by atoms with Crippen molar-refractivity contribution in [1.82, 2.24) is 0 Å². The summed E-state index contributed by atoms with van der Waals surface area (Å²) in [5, 5.41) is 11.1. The highest BCUT2D eigenvalue weighted by atomic mass is 28.4. The molecule has 354 valence electrons. The summed E-state index contributed by atoms with van der Waals surface area (Å²) in [4.78, 5) is 0. The van der Waals surface area contributed by atoms with Crippen LogP contribution < -0.4 is 9.47 Å². The molecule has 2 aromatic rings. The summed E-state index contributed by atoms with van der Waals surface area (Å²) in [7, 11) is -2.10. The third-order valence-corrected chi connectivity index (χ3v) is 26.8. The van der Waals surface area contributed by atoms with E-state index in [-0.39, 0.29) is 21.2 Å². The number of allylic oxidation sites excluding steroid dienone is 2. The van der Waals surface area contributed by atoms with Gasteiger partial charge in [-0.15, -0.1) is 25.0 Å². The molecule has 0 saturated heterocycles. The number of hydrogen-bond donors (Lipinski definition) is 1. The Bertz CT molecular complexity index is 1840. The maximum absolute atomic E-state index is 10.5. The Morgan fingerprint density at radius 2 is 0.984 bits per heavy atom. The predicted octanol–water partition coefficient (Wildman–Crippen LogP) is 14.8. The van der Waals surface area contributed by atoms with Crippen molar-refractivity contribution in [3.05, 3.63) is 84.0 Å². The zero-order chi connectivity index (χ0) is 48.5. The van der Waals surface area contributed by atoms with Crippen LogP contribution in [0.15, 0.2) is 61.7 Å². The second-order valence-corrected chi connectivity index (χ2v) is 36.1. The molecule has 0 fully saturated rings. The monoisotopic (exact) mass is 919 g/mol. The maximum Gasteiger partial charge on any atom is 0.194 e. The Labute approximate surface area is 390 Å². The van der Waals surface area contributed by atoms with Crippen LogP contribution in [0.25, 0.3) is 0 Å². The first-order valence-corrected chi connectivity index (χ1v) is 31.9. The van der Waals surface area contributed by atoms with Gasteiger partial charge in [-0.05, 0) is 115 Å². The van der Waals surface area contributed by atoms with Gasteiger partial charge in [-0.3, -0.25) is 0 Å².